The highest BCUT2D eigenvalue weighted by Crippen LogP contribution is 2.17. The van der Waals surface area contributed by atoms with Gasteiger partial charge in [0.2, 0.25) is 11.8 Å². The zero-order valence-corrected chi connectivity index (χ0v) is 18.9. The second-order valence-corrected chi connectivity index (χ2v) is 8.71. The SMILES string of the molecule is Cc1nc(COc2cccc(/C=C/C(=O)NCCCc3nc(CC(C)C)no3)c2)cs1. The van der Waals surface area contributed by atoms with E-state index in [4.69, 9.17) is 9.26 Å². The molecule has 1 amide bonds. The van der Waals surface area contributed by atoms with Crippen LogP contribution in [0.4, 0.5) is 0 Å². The molecule has 0 saturated carbocycles. The van der Waals surface area contributed by atoms with Gasteiger partial charge < -0.3 is 14.6 Å². The van der Waals surface area contributed by atoms with Crippen LogP contribution in [0.3, 0.4) is 0 Å². The van der Waals surface area contributed by atoms with Gasteiger partial charge in [-0.1, -0.05) is 31.1 Å². The number of aromatic nitrogens is 3. The number of rotatable bonds is 11. The number of carbonyl (C=O) groups is 1. The maximum absolute atomic E-state index is 12.1. The Balaban J connectivity index is 1.38. The first kappa shape index (κ1) is 22.7. The number of nitrogens with one attached hydrogen (secondary N) is 1. The van der Waals surface area contributed by atoms with Crippen molar-refractivity contribution in [3.05, 3.63) is 63.7 Å². The van der Waals surface area contributed by atoms with E-state index < -0.39 is 0 Å². The molecule has 31 heavy (non-hydrogen) atoms. The minimum Gasteiger partial charge on any atom is -0.487 e. The van der Waals surface area contributed by atoms with E-state index in [0.29, 0.717) is 31.4 Å². The monoisotopic (exact) mass is 440 g/mol. The van der Waals surface area contributed by atoms with Crippen molar-refractivity contribution in [2.45, 2.75) is 46.6 Å². The molecule has 1 N–H and O–H groups in total. The number of aryl methyl sites for hydroxylation is 2. The molecule has 0 radical (unpaired) electrons. The van der Waals surface area contributed by atoms with Crippen LogP contribution >= 0.6 is 11.3 Å². The average molecular weight is 441 g/mol. The van der Waals surface area contributed by atoms with Gasteiger partial charge >= 0.3 is 0 Å². The summed E-state index contributed by atoms with van der Waals surface area (Å²) in [6, 6.07) is 7.61. The van der Waals surface area contributed by atoms with Gasteiger partial charge in [-0.15, -0.1) is 11.3 Å². The molecule has 8 heteroatoms. The van der Waals surface area contributed by atoms with Gasteiger partial charge in [0.15, 0.2) is 5.82 Å². The molecule has 3 rings (SSSR count). The summed E-state index contributed by atoms with van der Waals surface area (Å²) in [5.74, 6) is 2.45. The quantitative estimate of drug-likeness (QED) is 0.352. The van der Waals surface area contributed by atoms with Crippen LogP contribution in [0.1, 0.15) is 48.2 Å². The molecule has 0 aliphatic heterocycles. The van der Waals surface area contributed by atoms with E-state index in [9.17, 15) is 4.79 Å². The molecule has 0 atom stereocenters. The molecule has 0 aliphatic rings. The van der Waals surface area contributed by atoms with Gasteiger partial charge in [-0.2, -0.15) is 4.98 Å². The van der Waals surface area contributed by atoms with Crippen LogP contribution in [0, 0.1) is 12.8 Å². The number of benzene rings is 1. The number of thiazole rings is 1. The summed E-state index contributed by atoms with van der Waals surface area (Å²) >= 11 is 1.61. The number of nitrogens with zero attached hydrogens (tertiary/aromatic N) is 3. The van der Waals surface area contributed by atoms with E-state index in [2.05, 4.69) is 34.3 Å². The number of carbonyl (C=O) groups excluding carboxylic acids is 1. The largest absolute Gasteiger partial charge is 0.487 e. The van der Waals surface area contributed by atoms with Crippen LogP contribution < -0.4 is 10.1 Å². The summed E-state index contributed by atoms with van der Waals surface area (Å²) in [6.07, 6.45) is 5.48. The van der Waals surface area contributed by atoms with E-state index in [1.54, 1.807) is 17.4 Å². The molecule has 0 spiro atoms. The van der Waals surface area contributed by atoms with Gasteiger partial charge in [0, 0.05) is 30.8 Å². The lowest BCUT2D eigenvalue weighted by atomic mass is 10.1. The molecule has 164 valence electrons. The van der Waals surface area contributed by atoms with Crippen molar-refractivity contribution in [2.24, 2.45) is 5.92 Å². The van der Waals surface area contributed by atoms with Crippen molar-refractivity contribution < 1.29 is 14.1 Å². The fraction of sp³-hybridized carbons (Fsp3) is 0.391. The first-order valence-corrected chi connectivity index (χ1v) is 11.3. The van der Waals surface area contributed by atoms with Crippen LogP contribution in [0.15, 0.2) is 40.2 Å². The third-order valence-electron chi connectivity index (χ3n) is 4.31. The van der Waals surface area contributed by atoms with Gasteiger partial charge in [-0.3, -0.25) is 4.79 Å². The lowest BCUT2D eigenvalue weighted by Crippen LogP contribution is -2.22. The Morgan fingerprint density at radius 3 is 2.97 bits per heavy atom. The fourth-order valence-corrected chi connectivity index (χ4v) is 3.46. The first-order valence-electron chi connectivity index (χ1n) is 10.4. The molecular formula is C23H28N4O3S. The molecule has 2 aromatic heterocycles. The van der Waals surface area contributed by atoms with Gasteiger partial charge in [0.05, 0.1) is 10.7 Å². The molecular weight excluding hydrogens is 412 g/mol. The van der Waals surface area contributed by atoms with Crippen molar-refractivity contribution in [3.63, 3.8) is 0 Å². The van der Waals surface area contributed by atoms with Gasteiger partial charge in [0.25, 0.3) is 0 Å². The number of amides is 1. The molecule has 0 aliphatic carbocycles. The van der Waals surface area contributed by atoms with Crippen LogP contribution in [0.2, 0.25) is 0 Å². The van der Waals surface area contributed by atoms with Crippen molar-refractivity contribution in [1.82, 2.24) is 20.4 Å². The maximum Gasteiger partial charge on any atom is 0.243 e. The lowest BCUT2D eigenvalue weighted by Gasteiger charge is -2.05. The van der Waals surface area contributed by atoms with Crippen molar-refractivity contribution >= 4 is 23.3 Å². The third-order valence-corrected chi connectivity index (χ3v) is 5.13. The predicted octanol–water partition coefficient (Wildman–Crippen LogP) is 4.37. The maximum atomic E-state index is 12.1. The predicted molar refractivity (Wildman–Crippen MR) is 121 cm³/mol. The average Bonchev–Trinajstić information content (AvgIpc) is 3.36. The van der Waals surface area contributed by atoms with Crippen LogP contribution in [-0.2, 0) is 24.2 Å². The zero-order chi connectivity index (χ0) is 22.1. The van der Waals surface area contributed by atoms with Gasteiger partial charge in [0.1, 0.15) is 12.4 Å². The summed E-state index contributed by atoms with van der Waals surface area (Å²) in [6.45, 7) is 7.18. The molecule has 3 aromatic rings. The second-order valence-electron chi connectivity index (χ2n) is 7.65. The van der Waals surface area contributed by atoms with E-state index in [-0.39, 0.29) is 5.91 Å². The summed E-state index contributed by atoms with van der Waals surface area (Å²) in [7, 11) is 0. The van der Waals surface area contributed by atoms with Crippen LogP contribution in [0.25, 0.3) is 6.08 Å². The number of hydrogen-bond acceptors (Lipinski definition) is 7. The highest BCUT2D eigenvalue weighted by molar-refractivity contribution is 7.09. The number of ether oxygens (including phenoxy) is 1. The molecule has 0 saturated heterocycles. The van der Waals surface area contributed by atoms with E-state index in [0.717, 1.165) is 40.7 Å². The molecule has 0 bridgehead atoms. The van der Waals surface area contributed by atoms with Crippen molar-refractivity contribution in [2.75, 3.05) is 6.54 Å². The molecule has 2 heterocycles. The third kappa shape index (κ3) is 7.97. The molecule has 7 nitrogen and oxygen atoms in total. The fourth-order valence-electron chi connectivity index (χ4n) is 2.86. The standard InChI is InChI=1S/C23H28N4O3S/c1-16(2)12-21-26-23(30-27-21)8-5-11-24-22(28)10-9-18-6-4-7-20(13-18)29-14-19-15-31-17(3)25-19/h4,6-7,9-10,13,15-16H,5,8,11-12,14H2,1-3H3,(H,24,28)/b10-9+. The zero-order valence-electron chi connectivity index (χ0n) is 18.1. The molecule has 1 aromatic carbocycles. The van der Waals surface area contributed by atoms with Crippen LogP contribution in [0.5, 0.6) is 5.75 Å². The molecule has 0 fully saturated rings. The summed E-state index contributed by atoms with van der Waals surface area (Å²) < 4.78 is 11.0. The highest BCUT2D eigenvalue weighted by atomic mass is 32.1. The normalized spacial score (nSPS) is 11.4. The Morgan fingerprint density at radius 2 is 2.19 bits per heavy atom. The summed E-state index contributed by atoms with van der Waals surface area (Å²) in [5, 5.41) is 9.86. The number of hydrogen-bond donors (Lipinski definition) is 1. The highest BCUT2D eigenvalue weighted by Gasteiger charge is 2.08. The Labute approximate surface area is 186 Å². The first-order chi connectivity index (χ1) is 15.0. The topological polar surface area (TPSA) is 90.1 Å². The molecule has 0 unspecified atom stereocenters. The van der Waals surface area contributed by atoms with Crippen molar-refractivity contribution in [3.8, 4) is 5.75 Å². The van der Waals surface area contributed by atoms with Crippen molar-refractivity contribution in [1.29, 1.82) is 0 Å². The van der Waals surface area contributed by atoms with Gasteiger partial charge in [-0.05, 0) is 43.0 Å². The van der Waals surface area contributed by atoms with E-state index in [1.807, 2.05) is 36.6 Å². The van der Waals surface area contributed by atoms with Gasteiger partial charge in [-0.25, -0.2) is 4.98 Å². The minimum atomic E-state index is -0.143. The lowest BCUT2D eigenvalue weighted by molar-refractivity contribution is -0.116. The minimum absolute atomic E-state index is 0.143. The Morgan fingerprint density at radius 1 is 1.32 bits per heavy atom. The smallest absolute Gasteiger partial charge is 0.243 e. The Bertz CT molecular complexity index is 1010. The second kappa shape index (κ2) is 11.4. The summed E-state index contributed by atoms with van der Waals surface area (Å²) in [4.78, 5) is 20.8. The summed E-state index contributed by atoms with van der Waals surface area (Å²) in [5.41, 5.74) is 1.81. The Hall–Kier alpha value is -3.00. The van der Waals surface area contributed by atoms with E-state index >= 15 is 0 Å². The Kier molecular flexibility index (Phi) is 8.35. The van der Waals surface area contributed by atoms with E-state index in [1.165, 1.54) is 6.08 Å². The van der Waals surface area contributed by atoms with Crippen LogP contribution in [-0.4, -0.2) is 27.6 Å².